The van der Waals surface area contributed by atoms with Crippen LogP contribution in [0.3, 0.4) is 0 Å². The van der Waals surface area contributed by atoms with Crippen LogP contribution in [0.25, 0.3) is 0 Å². The van der Waals surface area contributed by atoms with Crippen LogP contribution in [0, 0.1) is 11.3 Å². The van der Waals surface area contributed by atoms with Crippen LogP contribution in [0.4, 0.5) is 0 Å². The maximum absolute atomic E-state index is 9.33. The minimum atomic E-state index is 0.167. The lowest BCUT2D eigenvalue weighted by atomic mass is 10.1. The quantitative estimate of drug-likeness (QED) is 0.500. The molecule has 0 aromatic rings. The minimum Gasteiger partial charge on any atom is -0.495 e. The highest BCUT2D eigenvalue weighted by atomic mass is 16.3. The summed E-state index contributed by atoms with van der Waals surface area (Å²) >= 11 is 0. The van der Waals surface area contributed by atoms with E-state index in [1.807, 2.05) is 6.92 Å². The first-order valence-electron chi connectivity index (χ1n) is 3.85. The van der Waals surface area contributed by atoms with Gasteiger partial charge in [0.1, 0.15) is 0 Å². The van der Waals surface area contributed by atoms with E-state index in [4.69, 9.17) is 5.41 Å². The molecule has 0 bridgehead atoms. The third-order valence-electron chi connectivity index (χ3n) is 2.14. The lowest BCUT2D eigenvalue weighted by molar-refractivity contribution is 0.366. The standard InChI is InChI=1S/C8H14N2O/c1-5-3-4-6(9)7(5)8(11)10-2/h5,9-11H,3-4H2,1-2H3/b8-7+,9-6?/t5-/m1/s1. The van der Waals surface area contributed by atoms with Gasteiger partial charge in [-0.05, 0) is 18.8 Å². The van der Waals surface area contributed by atoms with Crippen LogP contribution in [0.5, 0.6) is 0 Å². The summed E-state index contributed by atoms with van der Waals surface area (Å²) < 4.78 is 0. The van der Waals surface area contributed by atoms with E-state index in [9.17, 15) is 5.11 Å². The predicted molar refractivity (Wildman–Crippen MR) is 44.8 cm³/mol. The van der Waals surface area contributed by atoms with Crippen molar-refractivity contribution in [2.75, 3.05) is 7.05 Å². The topological polar surface area (TPSA) is 56.1 Å². The van der Waals surface area contributed by atoms with Crippen LogP contribution >= 0.6 is 0 Å². The smallest absolute Gasteiger partial charge is 0.189 e. The molecule has 3 heteroatoms. The van der Waals surface area contributed by atoms with Gasteiger partial charge in [0, 0.05) is 18.3 Å². The fourth-order valence-corrected chi connectivity index (χ4v) is 1.45. The van der Waals surface area contributed by atoms with Crippen molar-refractivity contribution >= 4 is 5.71 Å². The van der Waals surface area contributed by atoms with Gasteiger partial charge < -0.3 is 15.8 Å². The minimum absolute atomic E-state index is 0.167. The molecule has 0 spiro atoms. The van der Waals surface area contributed by atoms with Gasteiger partial charge in [0.2, 0.25) is 0 Å². The van der Waals surface area contributed by atoms with Gasteiger partial charge in [-0.15, -0.1) is 0 Å². The van der Waals surface area contributed by atoms with Crippen LogP contribution in [0.2, 0.25) is 0 Å². The van der Waals surface area contributed by atoms with E-state index in [0.717, 1.165) is 18.4 Å². The molecule has 1 aliphatic rings. The van der Waals surface area contributed by atoms with Crippen molar-refractivity contribution in [1.29, 1.82) is 5.41 Å². The van der Waals surface area contributed by atoms with Crippen LogP contribution in [0.1, 0.15) is 19.8 Å². The number of aliphatic hydroxyl groups is 1. The van der Waals surface area contributed by atoms with Gasteiger partial charge in [0.25, 0.3) is 0 Å². The van der Waals surface area contributed by atoms with Gasteiger partial charge >= 0.3 is 0 Å². The molecule has 0 radical (unpaired) electrons. The van der Waals surface area contributed by atoms with E-state index < -0.39 is 0 Å². The highest BCUT2D eigenvalue weighted by Crippen LogP contribution is 2.28. The monoisotopic (exact) mass is 154 g/mol. The maximum atomic E-state index is 9.33. The van der Waals surface area contributed by atoms with Crippen molar-refractivity contribution in [3.8, 4) is 0 Å². The molecule has 0 unspecified atom stereocenters. The first-order valence-corrected chi connectivity index (χ1v) is 3.85. The van der Waals surface area contributed by atoms with Crippen molar-refractivity contribution in [2.24, 2.45) is 5.92 Å². The first kappa shape index (κ1) is 8.11. The molecule has 0 heterocycles. The molecule has 1 rings (SSSR count). The Balaban J connectivity index is 2.92. The predicted octanol–water partition coefficient (Wildman–Crippen LogP) is 1.43. The molecule has 3 nitrogen and oxygen atoms in total. The van der Waals surface area contributed by atoms with Crippen LogP contribution < -0.4 is 5.32 Å². The molecule has 1 aliphatic carbocycles. The Morgan fingerprint density at radius 1 is 1.73 bits per heavy atom. The summed E-state index contributed by atoms with van der Waals surface area (Å²) in [6.07, 6.45) is 1.78. The Morgan fingerprint density at radius 2 is 2.36 bits per heavy atom. The van der Waals surface area contributed by atoms with E-state index in [1.165, 1.54) is 0 Å². The molecule has 1 saturated carbocycles. The van der Waals surface area contributed by atoms with Crippen molar-refractivity contribution in [2.45, 2.75) is 19.8 Å². The lowest BCUT2D eigenvalue weighted by Gasteiger charge is -2.07. The zero-order valence-electron chi connectivity index (χ0n) is 6.94. The third-order valence-corrected chi connectivity index (χ3v) is 2.14. The van der Waals surface area contributed by atoms with Crippen molar-refractivity contribution in [3.63, 3.8) is 0 Å². The van der Waals surface area contributed by atoms with Gasteiger partial charge in [0.05, 0.1) is 0 Å². The lowest BCUT2D eigenvalue weighted by Crippen LogP contribution is -2.13. The van der Waals surface area contributed by atoms with E-state index in [1.54, 1.807) is 7.05 Å². The fourth-order valence-electron chi connectivity index (χ4n) is 1.45. The second kappa shape index (κ2) is 2.95. The molecule has 0 saturated heterocycles. The van der Waals surface area contributed by atoms with Gasteiger partial charge in [-0.3, -0.25) is 0 Å². The average Bonchev–Trinajstić information content (AvgIpc) is 2.30. The Labute approximate surface area is 66.6 Å². The number of nitrogens with one attached hydrogen (secondary N) is 2. The summed E-state index contributed by atoms with van der Waals surface area (Å²) in [6, 6.07) is 0. The van der Waals surface area contributed by atoms with Gasteiger partial charge in [0.15, 0.2) is 5.88 Å². The highest BCUT2D eigenvalue weighted by Gasteiger charge is 2.24. The fraction of sp³-hybridized carbons (Fsp3) is 0.625. The molecule has 0 aromatic heterocycles. The van der Waals surface area contributed by atoms with Gasteiger partial charge in [-0.25, -0.2) is 0 Å². The van der Waals surface area contributed by atoms with Gasteiger partial charge in [-0.2, -0.15) is 0 Å². The van der Waals surface area contributed by atoms with E-state index in [-0.39, 0.29) is 5.88 Å². The van der Waals surface area contributed by atoms with Crippen molar-refractivity contribution in [1.82, 2.24) is 5.32 Å². The Hall–Kier alpha value is -0.990. The van der Waals surface area contributed by atoms with E-state index in [0.29, 0.717) is 11.6 Å². The highest BCUT2D eigenvalue weighted by molar-refractivity contribution is 6.00. The van der Waals surface area contributed by atoms with Crippen molar-refractivity contribution < 1.29 is 5.11 Å². The van der Waals surface area contributed by atoms with Crippen LogP contribution in [0.15, 0.2) is 11.5 Å². The summed E-state index contributed by atoms with van der Waals surface area (Å²) in [4.78, 5) is 0. The largest absolute Gasteiger partial charge is 0.495 e. The maximum Gasteiger partial charge on any atom is 0.189 e. The number of aliphatic hydroxyl groups excluding tert-OH is 1. The summed E-state index contributed by atoms with van der Waals surface area (Å²) in [6.45, 7) is 2.03. The molecular weight excluding hydrogens is 140 g/mol. The first-order chi connectivity index (χ1) is 5.16. The summed E-state index contributed by atoms with van der Waals surface area (Å²) in [5, 5.41) is 19.5. The van der Waals surface area contributed by atoms with Crippen molar-refractivity contribution in [3.05, 3.63) is 11.5 Å². The molecule has 62 valence electrons. The van der Waals surface area contributed by atoms with Crippen LogP contribution in [-0.2, 0) is 0 Å². The van der Waals surface area contributed by atoms with E-state index in [2.05, 4.69) is 5.32 Å². The molecule has 0 amide bonds. The summed E-state index contributed by atoms with van der Waals surface area (Å²) in [5.41, 5.74) is 1.36. The average molecular weight is 154 g/mol. The Kier molecular flexibility index (Phi) is 2.17. The summed E-state index contributed by atoms with van der Waals surface area (Å²) in [5.74, 6) is 0.495. The number of rotatable bonds is 1. The summed E-state index contributed by atoms with van der Waals surface area (Å²) in [7, 11) is 1.67. The molecule has 1 fully saturated rings. The molecule has 3 N–H and O–H groups in total. The zero-order chi connectivity index (χ0) is 8.43. The molecule has 0 aromatic carbocycles. The third kappa shape index (κ3) is 1.37. The number of hydrogen-bond donors (Lipinski definition) is 3. The van der Waals surface area contributed by atoms with Gasteiger partial charge in [-0.1, -0.05) is 6.92 Å². The Bertz CT molecular complexity index is 208. The van der Waals surface area contributed by atoms with E-state index >= 15 is 0 Å². The van der Waals surface area contributed by atoms with Crippen LogP contribution in [-0.4, -0.2) is 17.9 Å². The molecule has 11 heavy (non-hydrogen) atoms. The number of hydrogen-bond acceptors (Lipinski definition) is 3. The second-order valence-electron chi connectivity index (χ2n) is 2.93. The second-order valence-corrected chi connectivity index (χ2v) is 2.93. The SMILES string of the molecule is CN/C(O)=C1\C(=N)CC[C@H]1C. The molecular formula is C8H14N2O. The molecule has 1 atom stereocenters. The Morgan fingerprint density at radius 3 is 2.73 bits per heavy atom. The normalized spacial score (nSPS) is 28.9. The molecule has 0 aliphatic heterocycles. The zero-order valence-corrected chi connectivity index (χ0v) is 6.94. The number of allylic oxidation sites excluding steroid dienone is 1.